The molecule has 0 saturated carbocycles. The predicted octanol–water partition coefficient (Wildman–Crippen LogP) is -0.208. The smallest absolute Gasteiger partial charge is 0.399 e. The van der Waals surface area contributed by atoms with Crippen molar-refractivity contribution in [2.24, 2.45) is 0 Å². The summed E-state index contributed by atoms with van der Waals surface area (Å²) in [5.74, 6) is 0.485. The normalized spacial score (nSPS) is 23.6. The quantitative estimate of drug-likeness (QED) is 0.189. The molecular formula is C18H23N6O7P. The van der Waals surface area contributed by atoms with Crippen molar-refractivity contribution < 1.29 is 33.8 Å². The SMILES string of the molecule is Nc1ccc(CCNc2ncnc3c2ncn3C2OC(COP(=O)(O)O)C(O)C2O)cc1. The van der Waals surface area contributed by atoms with Gasteiger partial charge in [0.1, 0.15) is 24.6 Å². The van der Waals surface area contributed by atoms with Gasteiger partial charge in [0.25, 0.3) is 0 Å². The van der Waals surface area contributed by atoms with Gasteiger partial charge in [0.2, 0.25) is 0 Å². The van der Waals surface area contributed by atoms with Crippen molar-refractivity contribution in [2.45, 2.75) is 31.0 Å². The van der Waals surface area contributed by atoms with Crippen molar-refractivity contribution in [1.82, 2.24) is 19.5 Å². The minimum atomic E-state index is -4.75. The molecule has 4 rings (SSSR count). The molecule has 13 nitrogen and oxygen atoms in total. The highest BCUT2D eigenvalue weighted by atomic mass is 31.2. The molecule has 1 saturated heterocycles. The Balaban J connectivity index is 1.47. The summed E-state index contributed by atoms with van der Waals surface area (Å²) in [5, 5.41) is 23.8. The second-order valence-corrected chi connectivity index (χ2v) is 8.54. The highest BCUT2D eigenvalue weighted by Gasteiger charge is 2.45. The summed E-state index contributed by atoms with van der Waals surface area (Å²) in [6.07, 6.45) is -1.62. The van der Waals surface area contributed by atoms with Crippen LogP contribution in [0.4, 0.5) is 11.5 Å². The first-order valence-corrected chi connectivity index (χ1v) is 11.2. The molecule has 0 bridgehead atoms. The zero-order valence-corrected chi connectivity index (χ0v) is 17.6. The van der Waals surface area contributed by atoms with Gasteiger partial charge in [-0.15, -0.1) is 0 Å². The monoisotopic (exact) mass is 466 g/mol. The summed E-state index contributed by atoms with van der Waals surface area (Å²) in [4.78, 5) is 30.4. The fourth-order valence-electron chi connectivity index (χ4n) is 3.44. The van der Waals surface area contributed by atoms with Crippen LogP contribution in [0, 0.1) is 0 Å². The lowest BCUT2D eigenvalue weighted by molar-refractivity contribution is -0.0504. The molecule has 3 heterocycles. The third-order valence-electron chi connectivity index (χ3n) is 5.06. The molecule has 1 aliphatic rings. The molecule has 4 atom stereocenters. The van der Waals surface area contributed by atoms with Crippen LogP contribution in [-0.4, -0.2) is 71.0 Å². The maximum atomic E-state index is 10.9. The number of fused-ring (bicyclic) bond motifs is 1. The van der Waals surface area contributed by atoms with Gasteiger partial charge in [0.15, 0.2) is 23.2 Å². The van der Waals surface area contributed by atoms with E-state index in [9.17, 15) is 14.8 Å². The standard InChI is InChI=1S/C18H23N6O7P/c19-11-3-1-10(2-4-11)5-6-20-16-13-17(22-8-21-16)24(9-23-13)18-15(26)14(25)12(31-18)7-30-32(27,28)29/h1-4,8-9,12,14-15,18,25-26H,5-7,19H2,(H,20,21,22)(H2,27,28,29). The number of aromatic nitrogens is 4. The number of benzene rings is 1. The molecule has 1 aromatic carbocycles. The van der Waals surface area contributed by atoms with Crippen LogP contribution in [0.5, 0.6) is 0 Å². The average Bonchev–Trinajstić information content (AvgIpc) is 3.29. The number of nitrogens with zero attached hydrogens (tertiary/aromatic N) is 4. The summed E-state index contributed by atoms with van der Waals surface area (Å²) < 4.78 is 22.3. The molecule has 3 aromatic rings. The molecule has 1 fully saturated rings. The van der Waals surface area contributed by atoms with Gasteiger partial charge in [-0.2, -0.15) is 0 Å². The number of nitrogens with one attached hydrogen (secondary N) is 1. The Bertz CT molecular complexity index is 1120. The van der Waals surface area contributed by atoms with Gasteiger partial charge in [-0.3, -0.25) is 9.09 Å². The third kappa shape index (κ3) is 4.89. The van der Waals surface area contributed by atoms with Crippen LogP contribution >= 0.6 is 7.82 Å². The van der Waals surface area contributed by atoms with E-state index in [1.807, 2.05) is 24.3 Å². The molecule has 32 heavy (non-hydrogen) atoms. The first-order valence-electron chi connectivity index (χ1n) is 9.70. The number of hydrogen-bond acceptors (Lipinski definition) is 10. The zero-order valence-electron chi connectivity index (χ0n) is 16.7. The molecule has 0 aliphatic carbocycles. The molecule has 0 radical (unpaired) electrons. The van der Waals surface area contributed by atoms with Gasteiger partial charge in [-0.1, -0.05) is 12.1 Å². The summed E-state index contributed by atoms with van der Waals surface area (Å²) in [5.41, 5.74) is 8.28. The summed E-state index contributed by atoms with van der Waals surface area (Å²) in [6.45, 7) is -0.0233. The van der Waals surface area contributed by atoms with Gasteiger partial charge in [0.05, 0.1) is 12.9 Å². The summed E-state index contributed by atoms with van der Waals surface area (Å²) in [7, 11) is -4.75. The number of phosphoric ester groups is 1. The van der Waals surface area contributed by atoms with E-state index in [1.54, 1.807) is 0 Å². The van der Waals surface area contributed by atoms with Crippen molar-refractivity contribution in [3.05, 3.63) is 42.5 Å². The molecule has 0 amide bonds. The first kappa shape index (κ1) is 22.6. The number of anilines is 2. The van der Waals surface area contributed by atoms with Crippen LogP contribution in [-0.2, 0) is 20.2 Å². The van der Waals surface area contributed by atoms with Gasteiger partial charge in [0, 0.05) is 12.2 Å². The van der Waals surface area contributed by atoms with Crippen molar-refractivity contribution >= 4 is 30.5 Å². The number of imidazole rings is 1. The van der Waals surface area contributed by atoms with E-state index in [4.69, 9.17) is 20.3 Å². The molecule has 1 aliphatic heterocycles. The van der Waals surface area contributed by atoms with E-state index >= 15 is 0 Å². The summed E-state index contributed by atoms with van der Waals surface area (Å²) in [6, 6.07) is 7.55. The Morgan fingerprint density at radius 1 is 1.16 bits per heavy atom. The number of phosphoric acid groups is 1. The Labute approximate surface area is 182 Å². The Morgan fingerprint density at radius 2 is 1.91 bits per heavy atom. The Morgan fingerprint density at radius 3 is 2.62 bits per heavy atom. The number of aliphatic hydroxyl groups is 2. The minimum absolute atomic E-state index is 0.350. The maximum absolute atomic E-state index is 10.9. The van der Waals surface area contributed by atoms with Crippen LogP contribution < -0.4 is 11.1 Å². The zero-order chi connectivity index (χ0) is 22.9. The van der Waals surface area contributed by atoms with Crippen molar-refractivity contribution in [1.29, 1.82) is 0 Å². The number of nitrogens with two attached hydrogens (primary N) is 1. The Kier molecular flexibility index (Phi) is 6.40. The fourth-order valence-corrected chi connectivity index (χ4v) is 3.79. The topological polar surface area (TPSA) is 198 Å². The van der Waals surface area contributed by atoms with Crippen molar-refractivity contribution in [3.63, 3.8) is 0 Å². The van der Waals surface area contributed by atoms with E-state index in [0.29, 0.717) is 29.2 Å². The number of nitrogen functional groups attached to an aromatic ring is 1. The Hall–Kier alpha value is -2.64. The van der Waals surface area contributed by atoms with Gasteiger partial charge >= 0.3 is 7.82 Å². The molecule has 172 valence electrons. The lowest BCUT2D eigenvalue weighted by Crippen LogP contribution is -2.33. The summed E-state index contributed by atoms with van der Waals surface area (Å²) >= 11 is 0. The van der Waals surface area contributed by atoms with Crippen LogP contribution in [0.3, 0.4) is 0 Å². The maximum Gasteiger partial charge on any atom is 0.469 e. The lowest BCUT2D eigenvalue weighted by Gasteiger charge is -2.16. The number of aliphatic hydroxyl groups excluding tert-OH is 2. The van der Waals surface area contributed by atoms with Crippen LogP contribution in [0.15, 0.2) is 36.9 Å². The number of rotatable bonds is 8. The fraction of sp³-hybridized carbons (Fsp3) is 0.389. The van der Waals surface area contributed by atoms with Crippen LogP contribution in [0.25, 0.3) is 11.2 Å². The number of hydrogen-bond donors (Lipinski definition) is 6. The highest BCUT2D eigenvalue weighted by molar-refractivity contribution is 7.46. The van der Waals surface area contributed by atoms with Gasteiger partial charge < -0.3 is 35.8 Å². The molecule has 2 aromatic heterocycles. The van der Waals surface area contributed by atoms with E-state index in [-0.39, 0.29) is 0 Å². The molecule has 14 heteroatoms. The number of ether oxygens (including phenoxy) is 1. The van der Waals surface area contributed by atoms with Crippen LogP contribution in [0.2, 0.25) is 0 Å². The predicted molar refractivity (Wildman–Crippen MR) is 112 cm³/mol. The van der Waals surface area contributed by atoms with Crippen LogP contribution in [0.1, 0.15) is 11.8 Å². The van der Waals surface area contributed by atoms with Gasteiger partial charge in [-0.05, 0) is 24.1 Å². The largest absolute Gasteiger partial charge is 0.469 e. The molecule has 7 N–H and O–H groups in total. The minimum Gasteiger partial charge on any atom is -0.399 e. The van der Waals surface area contributed by atoms with Gasteiger partial charge in [-0.25, -0.2) is 19.5 Å². The first-order chi connectivity index (χ1) is 15.2. The van der Waals surface area contributed by atoms with Crippen molar-refractivity contribution in [3.8, 4) is 0 Å². The van der Waals surface area contributed by atoms with E-state index in [0.717, 1.165) is 12.0 Å². The third-order valence-corrected chi connectivity index (χ3v) is 5.55. The lowest BCUT2D eigenvalue weighted by atomic mass is 10.1. The van der Waals surface area contributed by atoms with Crippen molar-refractivity contribution in [2.75, 3.05) is 24.2 Å². The molecule has 0 spiro atoms. The molecule has 4 unspecified atom stereocenters. The van der Waals surface area contributed by atoms with E-state index < -0.39 is 39.0 Å². The highest BCUT2D eigenvalue weighted by Crippen LogP contribution is 2.38. The van der Waals surface area contributed by atoms with E-state index in [1.165, 1.54) is 17.2 Å². The van der Waals surface area contributed by atoms with E-state index in [2.05, 4.69) is 24.8 Å². The average molecular weight is 466 g/mol. The second kappa shape index (κ2) is 9.08. The second-order valence-electron chi connectivity index (χ2n) is 7.30. The molecular weight excluding hydrogens is 443 g/mol.